The van der Waals surface area contributed by atoms with Gasteiger partial charge in [-0.15, -0.1) is 0 Å². The Labute approximate surface area is 178 Å². The second-order valence-electron chi connectivity index (χ2n) is 6.91. The van der Waals surface area contributed by atoms with Crippen molar-refractivity contribution in [3.05, 3.63) is 51.9 Å². The minimum atomic E-state index is -0.529. The second kappa shape index (κ2) is 9.17. The van der Waals surface area contributed by atoms with Crippen LogP contribution in [0.2, 0.25) is 0 Å². The number of benzene rings is 1. The van der Waals surface area contributed by atoms with Crippen molar-refractivity contribution in [2.24, 2.45) is 0 Å². The van der Waals surface area contributed by atoms with E-state index in [2.05, 4.69) is 15.3 Å². The Morgan fingerprint density at radius 2 is 2.07 bits per heavy atom. The van der Waals surface area contributed by atoms with Crippen LogP contribution < -0.4 is 10.9 Å². The Morgan fingerprint density at radius 3 is 2.77 bits per heavy atom. The van der Waals surface area contributed by atoms with Crippen molar-refractivity contribution in [3.63, 3.8) is 0 Å². The highest BCUT2D eigenvalue weighted by Crippen LogP contribution is 2.23. The summed E-state index contributed by atoms with van der Waals surface area (Å²) in [5.41, 5.74) is 2.40. The summed E-state index contributed by atoms with van der Waals surface area (Å²) in [4.78, 5) is 45.1. The van der Waals surface area contributed by atoms with E-state index >= 15 is 0 Å². The average molecular weight is 429 g/mol. The van der Waals surface area contributed by atoms with Gasteiger partial charge < -0.3 is 15.0 Å². The number of rotatable bonds is 7. The topological polar surface area (TPSA) is 106 Å². The largest absolute Gasteiger partial charge is 0.465 e. The first-order chi connectivity index (χ1) is 14.3. The molecule has 0 aliphatic heterocycles. The van der Waals surface area contributed by atoms with Gasteiger partial charge in [-0.25, -0.2) is 9.78 Å². The highest BCUT2D eigenvalue weighted by atomic mass is 32.2. The number of carbonyl (C=O) groups excluding carboxylic acids is 2. The van der Waals surface area contributed by atoms with Crippen LogP contribution in [0.25, 0.3) is 11.0 Å². The molecule has 2 aromatic heterocycles. The van der Waals surface area contributed by atoms with Gasteiger partial charge in [-0.3, -0.25) is 14.2 Å². The summed E-state index contributed by atoms with van der Waals surface area (Å²) in [6, 6.07) is 8.38. The quantitative estimate of drug-likeness (QED) is 0.339. The van der Waals surface area contributed by atoms with Gasteiger partial charge in [0.2, 0.25) is 5.91 Å². The molecular formula is C21H24N4O4S. The average Bonchev–Trinajstić information content (AvgIpc) is 3.12. The number of aromatic amines is 1. The molecule has 2 N–H and O–H groups in total. The number of thioether (sulfide) groups is 1. The first-order valence-electron chi connectivity index (χ1n) is 9.57. The number of hydrogen-bond acceptors (Lipinski definition) is 6. The fraction of sp³-hybridized carbons (Fsp3) is 0.333. The zero-order valence-electron chi connectivity index (χ0n) is 17.3. The minimum absolute atomic E-state index is 0.0350. The van der Waals surface area contributed by atoms with E-state index in [0.717, 1.165) is 12.1 Å². The molecular weight excluding hydrogens is 404 g/mol. The van der Waals surface area contributed by atoms with E-state index in [-0.39, 0.29) is 28.8 Å². The van der Waals surface area contributed by atoms with Crippen LogP contribution in [0.15, 0.2) is 40.3 Å². The van der Waals surface area contributed by atoms with Crippen LogP contribution in [0, 0.1) is 6.92 Å². The van der Waals surface area contributed by atoms with Crippen molar-refractivity contribution in [1.29, 1.82) is 0 Å². The van der Waals surface area contributed by atoms with Crippen LogP contribution in [0.3, 0.4) is 0 Å². The van der Waals surface area contributed by atoms with E-state index in [1.165, 1.54) is 18.9 Å². The van der Waals surface area contributed by atoms with Crippen molar-refractivity contribution in [1.82, 2.24) is 14.5 Å². The maximum absolute atomic E-state index is 13.0. The van der Waals surface area contributed by atoms with Gasteiger partial charge in [0, 0.05) is 11.7 Å². The number of esters is 1. The van der Waals surface area contributed by atoms with E-state index in [1.54, 1.807) is 28.8 Å². The molecule has 0 saturated carbocycles. The summed E-state index contributed by atoms with van der Waals surface area (Å²) < 4.78 is 6.38. The molecule has 0 aliphatic carbocycles. The summed E-state index contributed by atoms with van der Waals surface area (Å²) >= 11 is 1.19. The third kappa shape index (κ3) is 4.40. The summed E-state index contributed by atoms with van der Waals surface area (Å²) in [5, 5.41) is 3.22. The van der Waals surface area contributed by atoms with Gasteiger partial charge in [-0.2, -0.15) is 0 Å². The number of H-pyrrole nitrogens is 1. The molecule has 0 radical (unpaired) electrons. The molecule has 0 fully saturated rings. The lowest BCUT2D eigenvalue weighted by molar-refractivity contribution is -0.113. The fourth-order valence-corrected chi connectivity index (χ4v) is 3.96. The standard InChI is InChI=1S/C21H24N4O4S/c1-5-13(3)25-19(27)18-16(10-12(2)22-18)24-21(25)30-11-17(26)23-15-9-7-6-8-14(15)20(28)29-4/h6-10,13,22H,5,11H2,1-4H3,(H,23,26). The van der Waals surface area contributed by atoms with E-state index < -0.39 is 5.97 Å². The number of hydrogen-bond donors (Lipinski definition) is 2. The van der Waals surface area contributed by atoms with Gasteiger partial charge in [0.1, 0.15) is 5.52 Å². The van der Waals surface area contributed by atoms with Crippen molar-refractivity contribution in [2.45, 2.75) is 38.4 Å². The van der Waals surface area contributed by atoms with E-state index in [1.807, 2.05) is 26.8 Å². The number of methoxy groups -OCH3 is 1. The molecule has 1 atom stereocenters. The number of fused-ring (bicyclic) bond motifs is 1. The zero-order valence-corrected chi connectivity index (χ0v) is 18.1. The maximum Gasteiger partial charge on any atom is 0.339 e. The van der Waals surface area contributed by atoms with Crippen molar-refractivity contribution < 1.29 is 14.3 Å². The highest BCUT2D eigenvalue weighted by Gasteiger charge is 2.19. The number of aryl methyl sites for hydroxylation is 1. The molecule has 1 amide bonds. The number of para-hydroxylation sites is 1. The summed E-state index contributed by atoms with van der Waals surface area (Å²) in [5.74, 6) is -0.807. The first-order valence-corrected chi connectivity index (χ1v) is 10.6. The van der Waals surface area contributed by atoms with Crippen LogP contribution in [0.4, 0.5) is 5.69 Å². The Kier molecular flexibility index (Phi) is 6.61. The molecule has 1 aromatic carbocycles. The molecule has 3 rings (SSSR count). The number of nitrogens with one attached hydrogen (secondary N) is 2. The number of nitrogens with zero attached hydrogens (tertiary/aromatic N) is 2. The summed E-state index contributed by atoms with van der Waals surface area (Å²) in [6.07, 6.45) is 0.749. The number of ether oxygens (including phenoxy) is 1. The molecule has 1 unspecified atom stereocenters. The van der Waals surface area contributed by atoms with E-state index in [0.29, 0.717) is 21.9 Å². The maximum atomic E-state index is 13.0. The van der Waals surface area contributed by atoms with E-state index in [4.69, 9.17) is 4.74 Å². The third-order valence-corrected chi connectivity index (χ3v) is 5.71. The molecule has 3 aromatic rings. The Morgan fingerprint density at radius 1 is 1.33 bits per heavy atom. The Balaban J connectivity index is 1.84. The monoisotopic (exact) mass is 428 g/mol. The molecule has 0 aliphatic rings. The zero-order chi connectivity index (χ0) is 21.8. The number of anilines is 1. The first kappa shape index (κ1) is 21.6. The highest BCUT2D eigenvalue weighted by molar-refractivity contribution is 7.99. The van der Waals surface area contributed by atoms with Crippen molar-refractivity contribution >= 4 is 40.4 Å². The normalized spacial score (nSPS) is 12.0. The minimum Gasteiger partial charge on any atom is -0.465 e. The molecule has 2 heterocycles. The van der Waals surface area contributed by atoms with Crippen LogP contribution in [-0.4, -0.2) is 39.3 Å². The summed E-state index contributed by atoms with van der Waals surface area (Å²) in [7, 11) is 1.29. The van der Waals surface area contributed by atoms with Crippen molar-refractivity contribution in [3.8, 4) is 0 Å². The van der Waals surface area contributed by atoms with Crippen LogP contribution in [0.1, 0.15) is 42.4 Å². The van der Waals surface area contributed by atoms with Crippen LogP contribution in [-0.2, 0) is 9.53 Å². The fourth-order valence-electron chi connectivity index (χ4n) is 3.06. The second-order valence-corrected chi connectivity index (χ2v) is 7.86. The summed E-state index contributed by atoms with van der Waals surface area (Å²) in [6.45, 7) is 5.81. The van der Waals surface area contributed by atoms with Crippen LogP contribution >= 0.6 is 11.8 Å². The SMILES string of the molecule is CCC(C)n1c(SCC(=O)Nc2ccccc2C(=O)OC)nc2cc(C)[nH]c2c1=O. The molecule has 158 valence electrons. The predicted molar refractivity (Wildman–Crippen MR) is 117 cm³/mol. The Hall–Kier alpha value is -3.07. The molecule has 0 saturated heterocycles. The Bertz CT molecular complexity index is 1150. The van der Waals surface area contributed by atoms with Gasteiger partial charge >= 0.3 is 5.97 Å². The predicted octanol–water partition coefficient (Wildman–Crippen LogP) is 3.52. The number of aromatic nitrogens is 3. The van der Waals surface area contributed by atoms with E-state index in [9.17, 15) is 14.4 Å². The van der Waals surface area contributed by atoms with Gasteiger partial charge in [-0.1, -0.05) is 30.8 Å². The smallest absolute Gasteiger partial charge is 0.339 e. The van der Waals surface area contributed by atoms with Gasteiger partial charge in [0.15, 0.2) is 5.16 Å². The molecule has 8 nitrogen and oxygen atoms in total. The number of carbonyl (C=O) groups is 2. The van der Waals surface area contributed by atoms with Crippen LogP contribution in [0.5, 0.6) is 0 Å². The molecule has 9 heteroatoms. The number of amides is 1. The van der Waals surface area contributed by atoms with Gasteiger partial charge in [-0.05, 0) is 38.5 Å². The van der Waals surface area contributed by atoms with Crippen molar-refractivity contribution in [2.75, 3.05) is 18.2 Å². The lowest BCUT2D eigenvalue weighted by Gasteiger charge is -2.17. The van der Waals surface area contributed by atoms with Gasteiger partial charge in [0.25, 0.3) is 5.56 Å². The molecule has 30 heavy (non-hydrogen) atoms. The molecule has 0 spiro atoms. The third-order valence-electron chi connectivity index (χ3n) is 4.76. The van der Waals surface area contributed by atoms with Gasteiger partial charge in [0.05, 0.1) is 29.6 Å². The lowest BCUT2D eigenvalue weighted by atomic mass is 10.2. The lowest BCUT2D eigenvalue weighted by Crippen LogP contribution is -2.27. The molecule has 0 bridgehead atoms.